The van der Waals surface area contributed by atoms with Crippen LogP contribution in [0.4, 0.5) is 11.4 Å². The predicted molar refractivity (Wildman–Crippen MR) is 64.9 cm³/mol. The van der Waals surface area contributed by atoms with Gasteiger partial charge < -0.3 is 16.0 Å². The lowest BCUT2D eigenvalue weighted by molar-refractivity contribution is 0.316. The van der Waals surface area contributed by atoms with E-state index in [1.165, 1.54) is 0 Å². The number of nitrogens with two attached hydrogens (primary N) is 1. The lowest BCUT2D eigenvalue weighted by Gasteiger charge is -2.18. The number of nitrogens with one attached hydrogen (secondary N) is 1. The van der Waals surface area contributed by atoms with Crippen LogP contribution in [0, 0.1) is 0 Å². The van der Waals surface area contributed by atoms with Gasteiger partial charge in [0.05, 0.1) is 17.6 Å². The number of anilines is 2. The number of pyridine rings is 1. The highest BCUT2D eigenvalue weighted by molar-refractivity contribution is 5.51. The standard InChI is InChI=1S/C11H20N4/c1-3-15(4-2)6-5-14-11-7-10(12)8-13-9-11/h7-9,14H,3-6,12H2,1-2H3. The molecule has 0 aliphatic rings. The first-order chi connectivity index (χ1) is 7.26. The summed E-state index contributed by atoms with van der Waals surface area (Å²) in [5.41, 5.74) is 7.31. The zero-order valence-corrected chi connectivity index (χ0v) is 9.53. The van der Waals surface area contributed by atoms with Crippen molar-refractivity contribution >= 4 is 11.4 Å². The van der Waals surface area contributed by atoms with Gasteiger partial charge in [-0.15, -0.1) is 0 Å². The molecule has 15 heavy (non-hydrogen) atoms. The van der Waals surface area contributed by atoms with Crippen LogP contribution in [0.5, 0.6) is 0 Å². The molecule has 1 heterocycles. The average molecular weight is 208 g/mol. The molecule has 0 aromatic carbocycles. The lowest BCUT2D eigenvalue weighted by atomic mass is 10.3. The van der Waals surface area contributed by atoms with Gasteiger partial charge in [-0.2, -0.15) is 0 Å². The Balaban J connectivity index is 2.31. The molecule has 0 aliphatic carbocycles. The molecule has 0 saturated carbocycles. The van der Waals surface area contributed by atoms with Gasteiger partial charge in [0.2, 0.25) is 0 Å². The first-order valence-corrected chi connectivity index (χ1v) is 5.43. The minimum Gasteiger partial charge on any atom is -0.397 e. The second-order valence-corrected chi connectivity index (χ2v) is 3.46. The van der Waals surface area contributed by atoms with E-state index in [1.54, 1.807) is 12.4 Å². The summed E-state index contributed by atoms with van der Waals surface area (Å²) in [6, 6.07) is 1.90. The van der Waals surface area contributed by atoms with Crippen molar-refractivity contribution in [3.63, 3.8) is 0 Å². The summed E-state index contributed by atoms with van der Waals surface area (Å²) in [6.07, 6.45) is 3.44. The molecule has 1 aromatic heterocycles. The van der Waals surface area contributed by atoms with E-state index in [2.05, 4.69) is 29.0 Å². The van der Waals surface area contributed by atoms with E-state index >= 15 is 0 Å². The number of nitrogens with zero attached hydrogens (tertiary/aromatic N) is 2. The number of aromatic nitrogens is 1. The fourth-order valence-electron chi connectivity index (χ4n) is 1.45. The van der Waals surface area contributed by atoms with Gasteiger partial charge in [0.25, 0.3) is 0 Å². The Morgan fingerprint density at radius 3 is 2.67 bits per heavy atom. The summed E-state index contributed by atoms with van der Waals surface area (Å²) in [6.45, 7) is 8.49. The summed E-state index contributed by atoms with van der Waals surface area (Å²) in [4.78, 5) is 6.39. The smallest absolute Gasteiger partial charge is 0.0547 e. The van der Waals surface area contributed by atoms with Crippen LogP contribution in [-0.2, 0) is 0 Å². The number of likely N-dealkylation sites (N-methyl/N-ethyl adjacent to an activating group) is 1. The monoisotopic (exact) mass is 208 g/mol. The summed E-state index contributed by atoms with van der Waals surface area (Å²) >= 11 is 0. The summed E-state index contributed by atoms with van der Waals surface area (Å²) in [5, 5.41) is 3.30. The van der Waals surface area contributed by atoms with Crippen LogP contribution in [-0.4, -0.2) is 36.1 Å². The Morgan fingerprint density at radius 1 is 1.33 bits per heavy atom. The number of hydrogen-bond donors (Lipinski definition) is 2. The topological polar surface area (TPSA) is 54.2 Å². The average Bonchev–Trinajstić information content (AvgIpc) is 2.25. The van der Waals surface area contributed by atoms with Crippen molar-refractivity contribution in [2.75, 3.05) is 37.2 Å². The van der Waals surface area contributed by atoms with E-state index < -0.39 is 0 Å². The zero-order valence-electron chi connectivity index (χ0n) is 9.53. The van der Waals surface area contributed by atoms with Crippen LogP contribution in [0.3, 0.4) is 0 Å². The minimum absolute atomic E-state index is 0.697. The molecule has 4 nitrogen and oxygen atoms in total. The van der Waals surface area contributed by atoms with Gasteiger partial charge in [0.15, 0.2) is 0 Å². The third-order valence-electron chi connectivity index (χ3n) is 2.41. The fourth-order valence-corrected chi connectivity index (χ4v) is 1.45. The second kappa shape index (κ2) is 6.24. The summed E-state index contributed by atoms with van der Waals surface area (Å²) < 4.78 is 0. The molecule has 3 N–H and O–H groups in total. The molecule has 0 bridgehead atoms. The third kappa shape index (κ3) is 4.16. The quantitative estimate of drug-likeness (QED) is 0.742. The van der Waals surface area contributed by atoms with E-state index in [4.69, 9.17) is 5.73 Å². The Hall–Kier alpha value is -1.29. The highest BCUT2D eigenvalue weighted by Gasteiger charge is 1.98. The summed E-state index contributed by atoms with van der Waals surface area (Å²) in [7, 11) is 0. The maximum atomic E-state index is 5.63. The molecule has 0 unspecified atom stereocenters. The van der Waals surface area contributed by atoms with E-state index in [0.29, 0.717) is 5.69 Å². The maximum Gasteiger partial charge on any atom is 0.0547 e. The molecule has 0 fully saturated rings. The Morgan fingerprint density at radius 2 is 2.07 bits per heavy atom. The van der Waals surface area contributed by atoms with Gasteiger partial charge in [-0.25, -0.2) is 0 Å². The van der Waals surface area contributed by atoms with Gasteiger partial charge >= 0.3 is 0 Å². The Bertz CT molecular complexity index is 284. The Kier molecular flexibility index (Phi) is 4.90. The first kappa shape index (κ1) is 11.8. The van der Waals surface area contributed by atoms with Crippen molar-refractivity contribution in [3.05, 3.63) is 18.5 Å². The van der Waals surface area contributed by atoms with Crippen LogP contribution >= 0.6 is 0 Å². The van der Waals surface area contributed by atoms with Crippen LogP contribution in [0.2, 0.25) is 0 Å². The third-order valence-corrected chi connectivity index (χ3v) is 2.41. The highest BCUT2D eigenvalue weighted by atomic mass is 15.1. The molecule has 0 saturated heterocycles. The number of nitrogen functional groups attached to an aromatic ring is 1. The predicted octanol–water partition coefficient (Wildman–Crippen LogP) is 1.42. The van der Waals surface area contributed by atoms with Crippen LogP contribution in [0.25, 0.3) is 0 Å². The second-order valence-electron chi connectivity index (χ2n) is 3.46. The van der Waals surface area contributed by atoms with E-state index in [0.717, 1.165) is 31.9 Å². The van der Waals surface area contributed by atoms with Crippen LogP contribution < -0.4 is 11.1 Å². The molecule has 0 atom stereocenters. The van der Waals surface area contributed by atoms with Crippen molar-refractivity contribution in [3.8, 4) is 0 Å². The Labute approximate surface area is 91.5 Å². The van der Waals surface area contributed by atoms with Gasteiger partial charge in [0.1, 0.15) is 0 Å². The van der Waals surface area contributed by atoms with E-state index in [1.807, 2.05) is 6.07 Å². The molecule has 0 spiro atoms. The SMILES string of the molecule is CCN(CC)CCNc1cncc(N)c1. The number of hydrogen-bond acceptors (Lipinski definition) is 4. The lowest BCUT2D eigenvalue weighted by Crippen LogP contribution is -2.28. The molecule has 84 valence electrons. The van der Waals surface area contributed by atoms with Crippen molar-refractivity contribution in [2.24, 2.45) is 0 Å². The molecule has 0 amide bonds. The molecule has 0 radical (unpaired) electrons. The van der Waals surface area contributed by atoms with Gasteiger partial charge in [-0.3, -0.25) is 4.98 Å². The molecule has 1 rings (SSSR count). The van der Waals surface area contributed by atoms with Gasteiger partial charge in [-0.1, -0.05) is 13.8 Å². The van der Waals surface area contributed by atoms with Crippen LogP contribution in [0.15, 0.2) is 18.5 Å². The molecule has 1 aromatic rings. The maximum absolute atomic E-state index is 5.63. The normalized spacial score (nSPS) is 10.6. The number of rotatable bonds is 6. The minimum atomic E-state index is 0.697. The van der Waals surface area contributed by atoms with Crippen molar-refractivity contribution in [1.29, 1.82) is 0 Å². The van der Waals surface area contributed by atoms with Crippen molar-refractivity contribution in [1.82, 2.24) is 9.88 Å². The summed E-state index contributed by atoms with van der Waals surface area (Å²) in [5.74, 6) is 0. The van der Waals surface area contributed by atoms with Gasteiger partial charge in [0, 0.05) is 19.3 Å². The molecule has 0 aliphatic heterocycles. The van der Waals surface area contributed by atoms with Crippen molar-refractivity contribution < 1.29 is 0 Å². The zero-order chi connectivity index (χ0) is 11.1. The van der Waals surface area contributed by atoms with Gasteiger partial charge in [-0.05, 0) is 19.2 Å². The van der Waals surface area contributed by atoms with E-state index in [9.17, 15) is 0 Å². The van der Waals surface area contributed by atoms with Crippen molar-refractivity contribution in [2.45, 2.75) is 13.8 Å². The van der Waals surface area contributed by atoms with Crippen LogP contribution in [0.1, 0.15) is 13.8 Å². The van der Waals surface area contributed by atoms with E-state index in [-0.39, 0.29) is 0 Å². The first-order valence-electron chi connectivity index (χ1n) is 5.43. The molecular formula is C11H20N4. The largest absolute Gasteiger partial charge is 0.397 e. The molecule has 4 heteroatoms. The molecular weight excluding hydrogens is 188 g/mol. The fraction of sp³-hybridized carbons (Fsp3) is 0.545. The highest BCUT2D eigenvalue weighted by Crippen LogP contribution is 2.08.